The number of piperidine rings is 1. The second-order valence-electron chi connectivity index (χ2n) is 9.95. The fraction of sp³-hybridized carbons (Fsp3) is 0.480. The van der Waals surface area contributed by atoms with Gasteiger partial charge in [-0.25, -0.2) is 14.4 Å². The third-order valence-corrected chi connectivity index (χ3v) is 6.60. The minimum atomic E-state index is -1.73. The number of amides is 1. The molecular weight excluding hydrogens is 449 g/mol. The number of rotatable bonds is 6. The van der Waals surface area contributed by atoms with Crippen LogP contribution in [0.2, 0.25) is 0 Å². The predicted molar refractivity (Wildman–Crippen MR) is 132 cm³/mol. The van der Waals surface area contributed by atoms with Gasteiger partial charge in [0.25, 0.3) is 5.91 Å². The maximum Gasteiger partial charge on any atom is 0.270 e. The van der Waals surface area contributed by atoms with E-state index in [2.05, 4.69) is 44.4 Å². The fourth-order valence-electron chi connectivity index (χ4n) is 4.36. The molecule has 2 aliphatic rings. The first-order valence-corrected chi connectivity index (χ1v) is 12.0. The Morgan fingerprint density at radius 1 is 1.17 bits per heavy atom. The van der Waals surface area contributed by atoms with Crippen molar-refractivity contribution in [1.29, 1.82) is 0 Å². The van der Waals surface area contributed by atoms with Gasteiger partial charge in [-0.3, -0.25) is 9.78 Å². The smallest absolute Gasteiger partial charge is 0.270 e. The molecular formula is C25H30FN7O2. The zero-order chi connectivity index (χ0) is 24.7. The zero-order valence-electron chi connectivity index (χ0n) is 20.1. The number of aromatic nitrogens is 4. The number of anilines is 3. The van der Waals surface area contributed by atoms with E-state index < -0.39 is 11.8 Å². The Morgan fingerprint density at radius 3 is 2.69 bits per heavy atom. The number of aliphatic hydroxyl groups is 1. The third kappa shape index (κ3) is 4.88. The molecule has 3 N–H and O–H groups in total. The molecule has 1 amide bonds. The molecule has 1 saturated heterocycles. The molecule has 184 valence electrons. The maximum atomic E-state index is 14.7. The number of carbonyl (C=O) groups is 1. The number of pyridine rings is 2. The number of aliphatic hydroxyl groups excluding tert-OH is 1. The molecule has 0 spiro atoms. The SMILES string of the molecule is CC(C)c1cnc(C(=O)NC2CC2)c2cnc(Nc3ccnc(N4CC[C@@H](O)[C@@](C)(F)C4)n3)cc12. The second kappa shape index (κ2) is 8.99. The van der Waals surface area contributed by atoms with E-state index in [1.165, 1.54) is 6.92 Å². The van der Waals surface area contributed by atoms with Crippen molar-refractivity contribution in [3.05, 3.63) is 42.0 Å². The first-order valence-electron chi connectivity index (χ1n) is 12.0. The number of alkyl halides is 1. The Labute approximate surface area is 203 Å². The van der Waals surface area contributed by atoms with E-state index in [9.17, 15) is 14.3 Å². The quantitative estimate of drug-likeness (QED) is 0.492. The summed E-state index contributed by atoms with van der Waals surface area (Å²) in [5.74, 6) is 1.49. The van der Waals surface area contributed by atoms with Crippen LogP contribution < -0.4 is 15.5 Å². The van der Waals surface area contributed by atoms with E-state index in [0.29, 0.717) is 41.6 Å². The van der Waals surface area contributed by atoms with Crippen molar-refractivity contribution < 1.29 is 14.3 Å². The molecule has 3 aromatic rings. The lowest BCUT2D eigenvalue weighted by atomic mass is 9.94. The van der Waals surface area contributed by atoms with Gasteiger partial charge in [0, 0.05) is 36.6 Å². The number of nitrogens with zero attached hydrogens (tertiary/aromatic N) is 5. The number of nitrogens with one attached hydrogen (secondary N) is 2. The summed E-state index contributed by atoms with van der Waals surface area (Å²) in [4.78, 5) is 32.3. The average Bonchev–Trinajstić information content (AvgIpc) is 3.64. The lowest BCUT2D eigenvalue weighted by molar-refractivity contribution is -0.00860. The van der Waals surface area contributed by atoms with Crippen LogP contribution in [0.25, 0.3) is 10.8 Å². The Morgan fingerprint density at radius 2 is 1.97 bits per heavy atom. The van der Waals surface area contributed by atoms with Gasteiger partial charge in [0.15, 0.2) is 5.67 Å². The average molecular weight is 480 g/mol. The standard InChI is InChI=1S/C25H30FN7O2/c1-14(2)17-11-29-22(23(35)30-15-4-5-15)18-12-28-21(10-16(17)18)31-20-6-8-27-24(32-20)33-9-7-19(34)25(3,26)13-33/h6,8,10-12,14-15,19,34H,4-5,7,9,13H2,1-3H3,(H,30,35)(H,27,28,31,32)/t19-,25+/m1/s1. The van der Waals surface area contributed by atoms with Gasteiger partial charge in [0.1, 0.15) is 17.3 Å². The van der Waals surface area contributed by atoms with Crippen LogP contribution in [-0.4, -0.2) is 61.9 Å². The fourth-order valence-corrected chi connectivity index (χ4v) is 4.36. The van der Waals surface area contributed by atoms with Gasteiger partial charge in [-0.1, -0.05) is 13.8 Å². The number of carbonyl (C=O) groups excluding carboxylic acids is 1. The van der Waals surface area contributed by atoms with E-state index in [0.717, 1.165) is 23.8 Å². The molecule has 2 fully saturated rings. The van der Waals surface area contributed by atoms with Crippen molar-refractivity contribution in [2.75, 3.05) is 23.3 Å². The summed E-state index contributed by atoms with van der Waals surface area (Å²) in [6.45, 7) is 6.04. The molecule has 9 nitrogen and oxygen atoms in total. The van der Waals surface area contributed by atoms with Gasteiger partial charge in [-0.15, -0.1) is 0 Å². The van der Waals surface area contributed by atoms with Gasteiger partial charge >= 0.3 is 0 Å². The largest absolute Gasteiger partial charge is 0.390 e. The Kier molecular flexibility index (Phi) is 6.00. The molecule has 1 saturated carbocycles. The zero-order valence-corrected chi connectivity index (χ0v) is 20.1. The lowest BCUT2D eigenvalue weighted by Gasteiger charge is -2.38. The molecule has 4 heterocycles. The molecule has 10 heteroatoms. The molecule has 0 bridgehead atoms. The number of fused-ring (bicyclic) bond motifs is 1. The highest BCUT2D eigenvalue weighted by atomic mass is 19.1. The van der Waals surface area contributed by atoms with Gasteiger partial charge in [0.2, 0.25) is 5.95 Å². The predicted octanol–water partition coefficient (Wildman–Crippen LogP) is 3.48. The highest BCUT2D eigenvalue weighted by Crippen LogP contribution is 2.31. The van der Waals surface area contributed by atoms with E-state index in [4.69, 9.17) is 0 Å². The maximum absolute atomic E-state index is 14.7. The van der Waals surface area contributed by atoms with Gasteiger partial charge in [-0.05, 0) is 55.2 Å². The monoisotopic (exact) mass is 479 g/mol. The number of hydrogen-bond donors (Lipinski definition) is 3. The van der Waals surface area contributed by atoms with Crippen molar-refractivity contribution in [2.45, 2.75) is 63.8 Å². The normalized spacial score (nSPS) is 22.5. The molecule has 0 radical (unpaired) electrons. The molecule has 35 heavy (non-hydrogen) atoms. The third-order valence-electron chi connectivity index (χ3n) is 6.60. The van der Waals surface area contributed by atoms with Crippen LogP contribution in [0.15, 0.2) is 30.7 Å². The molecule has 0 unspecified atom stereocenters. The van der Waals surface area contributed by atoms with E-state index >= 15 is 0 Å². The van der Waals surface area contributed by atoms with Crippen LogP contribution >= 0.6 is 0 Å². The molecule has 2 atom stereocenters. The molecule has 5 rings (SSSR count). The summed E-state index contributed by atoms with van der Waals surface area (Å²) in [5, 5.41) is 17.7. The van der Waals surface area contributed by atoms with Crippen molar-refractivity contribution in [3.63, 3.8) is 0 Å². The van der Waals surface area contributed by atoms with E-state index in [1.54, 1.807) is 29.6 Å². The summed E-state index contributed by atoms with van der Waals surface area (Å²) in [6.07, 6.45) is 6.36. The minimum Gasteiger partial charge on any atom is -0.390 e. The summed E-state index contributed by atoms with van der Waals surface area (Å²) < 4.78 is 14.7. The van der Waals surface area contributed by atoms with E-state index in [1.807, 2.05) is 6.07 Å². The highest BCUT2D eigenvalue weighted by Gasteiger charge is 2.39. The highest BCUT2D eigenvalue weighted by molar-refractivity contribution is 6.06. The molecule has 1 aliphatic heterocycles. The summed E-state index contributed by atoms with van der Waals surface area (Å²) >= 11 is 0. The van der Waals surface area contributed by atoms with Crippen LogP contribution in [0.5, 0.6) is 0 Å². The lowest BCUT2D eigenvalue weighted by Crippen LogP contribution is -2.52. The van der Waals surface area contributed by atoms with Crippen LogP contribution in [0, 0.1) is 0 Å². The van der Waals surface area contributed by atoms with E-state index in [-0.39, 0.29) is 24.4 Å². The van der Waals surface area contributed by atoms with Crippen molar-refractivity contribution in [1.82, 2.24) is 25.3 Å². The van der Waals surface area contributed by atoms with Gasteiger partial charge in [-0.2, -0.15) is 4.98 Å². The van der Waals surface area contributed by atoms with Crippen LogP contribution in [-0.2, 0) is 0 Å². The van der Waals surface area contributed by atoms with Crippen molar-refractivity contribution >= 4 is 34.3 Å². The van der Waals surface area contributed by atoms with Gasteiger partial charge in [0.05, 0.1) is 12.6 Å². The summed E-state index contributed by atoms with van der Waals surface area (Å²) in [5.41, 5.74) is -0.331. The number of hydrogen-bond acceptors (Lipinski definition) is 8. The Balaban J connectivity index is 1.43. The Hall–Kier alpha value is -3.40. The molecule has 3 aromatic heterocycles. The van der Waals surface area contributed by atoms with Crippen LogP contribution in [0.3, 0.4) is 0 Å². The first-order chi connectivity index (χ1) is 16.7. The van der Waals surface area contributed by atoms with Gasteiger partial charge < -0.3 is 20.6 Å². The topological polar surface area (TPSA) is 116 Å². The first kappa shape index (κ1) is 23.3. The van der Waals surface area contributed by atoms with Crippen molar-refractivity contribution in [3.8, 4) is 0 Å². The second-order valence-corrected chi connectivity index (χ2v) is 9.95. The minimum absolute atomic E-state index is 0.0162. The van der Waals surface area contributed by atoms with Crippen LogP contribution in [0.4, 0.5) is 22.0 Å². The number of halogens is 1. The summed E-state index contributed by atoms with van der Waals surface area (Å²) in [6, 6.07) is 3.86. The molecule has 0 aromatic carbocycles. The molecule has 1 aliphatic carbocycles. The van der Waals surface area contributed by atoms with Crippen LogP contribution in [0.1, 0.15) is 62.0 Å². The summed E-state index contributed by atoms with van der Waals surface area (Å²) in [7, 11) is 0. The van der Waals surface area contributed by atoms with Crippen molar-refractivity contribution in [2.24, 2.45) is 0 Å². The Bertz CT molecular complexity index is 1260.